The van der Waals surface area contributed by atoms with Crippen LogP contribution in [0.2, 0.25) is 0 Å². The van der Waals surface area contributed by atoms with E-state index in [-0.39, 0.29) is 23.8 Å². The minimum Gasteiger partial charge on any atom is -0.383 e. The van der Waals surface area contributed by atoms with Crippen molar-refractivity contribution in [3.05, 3.63) is 48.6 Å². The van der Waals surface area contributed by atoms with Crippen LogP contribution in [0.15, 0.2) is 43.0 Å². The summed E-state index contributed by atoms with van der Waals surface area (Å²) >= 11 is 0. The molecular formula is C21H28N2O3. The molecule has 1 saturated heterocycles. The first-order valence-electron chi connectivity index (χ1n) is 9.43. The largest absolute Gasteiger partial charge is 0.383 e. The molecule has 1 saturated carbocycles. The average molecular weight is 356 g/mol. The second kappa shape index (κ2) is 7.62. The molecule has 1 N–H and O–H groups in total. The summed E-state index contributed by atoms with van der Waals surface area (Å²) in [7, 11) is 1.79. The zero-order valence-electron chi connectivity index (χ0n) is 15.4. The van der Waals surface area contributed by atoms with Gasteiger partial charge in [0.15, 0.2) is 0 Å². The molecule has 2 fully saturated rings. The number of carbonyl (C=O) groups excluding carboxylic acids is 2. The maximum Gasteiger partial charge on any atom is 0.245 e. The highest BCUT2D eigenvalue weighted by Crippen LogP contribution is 2.42. The number of hydrogen-bond donors (Lipinski definition) is 1. The van der Waals surface area contributed by atoms with E-state index < -0.39 is 5.60 Å². The summed E-state index contributed by atoms with van der Waals surface area (Å²) in [6, 6.07) is 9.40. The van der Waals surface area contributed by atoms with E-state index in [1.807, 2.05) is 30.3 Å². The second-order valence-corrected chi connectivity index (χ2v) is 7.47. The van der Waals surface area contributed by atoms with E-state index in [1.54, 1.807) is 16.8 Å². The number of nitrogens with zero attached hydrogens (tertiary/aromatic N) is 2. The Morgan fingerprint density at radius 1 is 1.27 bits per heavy atom. The summed E-state index contributed by atoms with van der Waals surface area (Å²) < 4.78 is 0. The average Bonchev–Trinajstić information content (AvgIpc) is 3.09. The number of amides is 2. The lowest BCUT2D eigenvalue weighted by Gasteiger charge is -2.40. The molecule has 26 heavy (non-hydrogen) atoms. The van der Waals surface area contributed by atoms with Gasteiger partial charge < -0.3 is 14.9 Å². The number of carbonyl (C=O) groups is 2. The van der Waals surface area contributed by atoms with Crippen LogP contribution in [0, 0.1) is 5.92 Å². The van der Waals surface area contributed by atoms with Crippen LogP contribution in [0.5, 0.6) is 0 Å². The van der Waals surface area contributed by atoms with Gasteiger partial charge in [-0.25, -0.2) is 0 Å². The molecule has 0 spiro atoms. The van der Waals surface area contributed by atoms with Crippen molar-refractivity contribution in [3.8, 4) is 0 Å². The van der Waals surface area contributed by atoms with Crippen LogP contribution >= 0.6 is 0 Å². The lowest BCUT2D eigenvalue weighted by atomic mass is 9.87. The van der Waals surface area contributed by atoms with Crippen molar-refractivity contribution in [1.29, 1.82) is 0 Å². The number of rotatable bonds is 4. The smallest absolute Gasteiger partial charge is 0.245 e. The Kier molecular flexibility index (Phi) is 5.47. The number of benzene rings is 1. The third-order valence-corrected chi connectivity index (χ3v) is 5.93. The lowest BCUT2D eigenvalue weighted by Crippen LogP contribution is -2.52. The van der Waals surface area contributed by atoms with Crippen LogP contribution < -0.4 is 0 Å². The van der Waals surface area contributed by atoms with Crippen molar-refractivity contribution in [2.75, 3.05) is 20.1 Å². The fourth-order valence-corrected chi connectivity index (χ4v) is 4.50. The summed E-state index contributed by atoms with van der Waals surface area (Å²) in [6.07, 6.45) is 5.24. The van der Waals surface area contributed by atoms with Crippen LogP contribution in [-0.2, 0) is 15.2 Å². The van der Waals surface area contributed by atoms with Gasteiger partial charge in [0, 0.05) is 20.1 Å². The van der Waals surface area contributed by atoms with E-state index in [1.165, 1.54) is 6.08 Å². The molecule has 3 rings (SSSR count). The SMILES string of the molecule is C=CC(=O)N1CCCC(C(=O)N(C)[C@@H]2CCC[C@]2(O)c2ccccc2)C1. The number of aliphatic hydroxyl groups is 1. The molecule has 5 nitrogen and oxygen atoms in total. The maximum atomic E-state index is 13.1. The topological polar surface area (TPSA) is 60.9 Å². The Hall–Kier alpha value is -2.14. The molecule has 1 aliphatic heterocycles. The predicted molar refractivity (Wildman–Crippen MR) is 100 cm³/mol. The van der Waals surface area contributed by atoms with Gasteiger partial charge in [-0.3, -0.25) is 9.59 Å². The maximum absolute atomic E-state index is 13.1. The third-order valence-electron chi connectivity index (χ3n) is 5.93. The van der Waals surface area contributed by atoms with Gasteiger partial charge in [0.25, 0.3) is 0 Å². The van der Waals surface area contributed by atoms with Crippen molar-refractivity contribution < 1.29 is 14.7 Å². The van der Waals surface area contributed by atoms with E-state index in [2.05, 4.69) is 6.58 Å². The van der Waals surface area contributed by atoms with Crippen molar-refractivity contribution in [2.24, 2.45) is 5.92 Å². The lowest BCUT2D eigenvalue weighted by molar-refractivity contribution is -0.145. The van der Waals surface area contributed by atoms with E-state index in [0.717, 1.165) is 31.2 Å². The third kappa shape index (κ3) is 3.40. The number of piperidine rings is 1. The Morgan fingerprint density at radius 2 is 2.00 bits per heavy atom. The highest BCUT2D eigenvalue weighted by molar-refractivity contribution is 5.88. The van der Waals surface area contributed by atoms with E-state index >= 15 is 0 Å². The summed E-state index contributed by atoms with van der Waals surface area (Å²) in [4.78, 5) is 28.4. The zero-order chi connectivity index (χ0) is 18.7. The van der Waals surface area contributed by atoms with Crippen molar-refractivity contribution in [1.82, 2.24) is 9.80 Å². The highest BCUT2D eigenvalue weighted by atomic mass is 16.3. The van der Waals surface area contributed by atoms with Gasteiger partial charge in [0.05, 0.1) is 12.0 Å². The first-order chi connectivity index (χ1) is 12.5. The molecule has 0 aromatic heterocycles. The molecule has 1 aromatic rings. The predicted octanol–water partition coefficient (Wildman–Crippen LogP) is 2.31. The Morgan fingerprint density at radius 3 is 2.69 bits per heavy atom. The molecule has 5 heteroatoms. The Balaban J connectivity index is 1.75. The molecule has 1 heterocycles. The molecule has 1 aromatic carbocycles. The standard InChI is InChI=1S/C21H28N2O3/c1-3-19(24)23-14-8-9-16(15-23)20(25)22(2)18-12-7-13-21(18,26)17-10-5-4-6-11-17/h3-6,10-11,16,18,26H,1,7-9,12-15H2,2H3/t16?,18-,21+/m1/s1. The van der Waals surface area contributed by atoms with E-state index in [9.17, 15) is 14.7 Å². The molecule has 2 amide bonds. The molecule has 3 atom stereocenters. The quantitative estimate of drug-likeness (QED) is 0.842. The number of hydrogen-bond acceptors (Lipinski definition) is 3. The first-order valence-corrected chi connectivity index (χ1v) is 9.43. The minimum atomic E-state index is -1.00. The van der Waals surface area contributed by atoms with Gasteiger partial charge in [-0.15, -0.1) is 0 Å². The van der Waals surface area contributed by atoms with Gasteiger partial charge in [-0.1, -0.05) is 36.9 Å². The summed E-state index contributed by atoms with van der Waals surface area (Å²) in [6.45, 7) is 4.65. The first kappa shape index (κ1) is 18.6. The van der Waals surface area contributed by atoms with E-state index in [4.69, 9.17) is 0 Å². The van der Waals surface area contributed by atoms with Crippen LogP contribution in [0.1, 0.15) is 37.7 Å². The van der Waals surface area contributed by atoms with E-state index in [0.29, 0.717) is 19.5 Å². The van der Waals surface area contributed by atoms with Crippen molar-refractivity contribution in [2.45, 2.75) is 43.7 Å². The second-order valence-electron chi connectivity index (χ2n) is 7.47. The highest BCUT2D eigenvalue weighted by Gasteiger charge is 2.47. The fraction of sp³-hybridized carbons (Fsp3) is 0.524. The van der Waals surface area contributed by atoms with Gasteiger partial charge >= 0.3 is 0 Å². The molecule has 0 bridgehead atoms. The minimum absolute atomic E-state index is 0.0211. The molecule has 140 valence electrons. The van der Waals surface area contributed by atoms with Crippen LogP contribution in [0.25, 0.3) is 0 Å². The zero-order valence-corrected chi connectivity index (χ0v) is 15.4. The van der Waals surface area contributed by atoms with Crippen molar-refractivity contribution in [3.63, 3.8) is 0 Å². The van der Waals surface area contributed by atoms with Crippen LogP contribution in [0.4, 0.5) is 0 Å². The molecule has 1 aliphatic carbocycles. The van der Waals surface area contributed by atoms with Crippen LogP contribution in [-0.4, -0.2) is 52.9 Å². The Labute approximate surface area is 155 Å². The Bertz CT molecular complexity index is 675. The summed E-state index contributed by atoms with van der Waals surface area (Å²) in [5, 5.41) is 11.3. The number of likely N-dealkylation sites (tertiary alicyclic amines) is 1. The van der Waals surface area contributed by atoms with Crippen molar-refractivity contribution >= 4 is 11.8 Å². The van der Waals surface area contributed by atoms with Crippen LogP contribution in [0.3, 0.4) is 0 Å². The monoisotopic (exact) mass is 356 g/mol. The molecule has 1 unspecified atom stereocenters. The van der Waals surface area contributed by atoms with Gasteiger partial charge in [0.2, 0.25) is 11.8 Å². The fourth-order valence-electron chi connectivity index (χ4n) is 4.50. The summed E-state index contributed by atoms with van der Waals surface area (Å²) in [5.41, 5.74) is -0.133. The van der Waals surface area contributed by atoms with Gasteiger partial charge in [0.1, 0.15) is 5.60 Å². The van der Waals surface area contributed by atoms with Gasteiger partial charge in [-0.2, -0.15) is 0 Å². The number of likely N-dealkylation sites (N-methyl/N-ethyl adjacent to an activating group) is 1. The van der Waals surface area contributed by atoms with Gasteiger partial charge in [-0.05, 0) is 43.7 Å². The normalized spacial score (nSPS) is 28.6. The molecule has 0 radical (unpaired) electrons. The molecular weight excluding hydrogens is 328 g/mol. The molecule has 2 aliphatic rings. The summed E-state index contributed by atoms with van der Waals surface area (Å²) in [5.74, 6) is -0.307.